The lowest BCUT2D eigenvalue weighted by molar-refractivity contribution is -0.161. The molecule has 0 radical (unpaired) electrons. The Hall–Kier alpha value is -1.03. The summed E-state index contributed by atoms with van der Waals surface area (Å²) in [4.78, 5) is 33.6. The quantitative estimate of drug-likeness (QED) is 0.128. The molecule has 0 aromatic carbocycles. The number of hydrogen-bond acceptors (Lipinski definition) is 9. The first-order chi connectivity index (χ1) is 15.7. The molecule has 11 heteroatoms. The zero-order valence-corrected chi connectivity index (χ0v) is 21.6. The van der Waals surface area contributed by atoms with E-state index in [0.717, 1.165) is 38.5 Å². The predicted molar refractivity (Wildman–Crippen MR) is 125 cm³/mol. The molecule has 0 rings (SSSR count). The van der Waals surface area contributed by atoms with Gasteiger partial charge in [-0.15, -0.1) is 0 Å². The molecule has 0 aromatic rings. The minimum atomic E-state index is -4.56. The summed E-state index contributed by atoms with van der Waals surface area (Å²) in [5, 5.41) is 17.9. The van der Waals surface area contributed by atoms with Crippen molar-refractivity contribution in [3.63, 3.8) is 0 Å². The van der Waals surface area contributed by atoms with E-state index in [-0.39, 0.29) is 19.4 Å². The standard InChI is InChI=1S/C20H39O10P.C2H6/c1-3-5-7-9-11-19(23)27-15-18(30-20(24)12-10-8-6-4-2)16-29-31(25,26)28-14-17(22)13-21;1-2/h17-18,21-22H,3-16H2,1-2H3,(H,25,26);1-2H3/t17-,18+;/m0./s1. The predicted octanol–water partition coefficient (Wildman–Crippen LogP) is 3.90. The monoisotopic (exact) mass is 500 g/mol. The van der Waals surface area contributed by atoms with Gasteiger partial charge in [0.15, 0.2) is 6.10 Å². The number of carbonyl (C=O) groups excluding carboxylic acids is 2. The van der Waals surface area contributed by atoms with Gasteiger partial charge in [-0.05, 0) is 12.8 Å². The zero-order valence-electron chi connectivity index (χ0n) is 20.7. The van der Waals surface area contributed by atoms with Crippen LogP contribution in [0.3, 0.4) is 0 Å². The van der Waals surface area contributed by atoms with Gasteiger partial charge in [-0.2, -0.15) is 0 Å². The fourth-order valence-electron chi connectivity index (χ4n) is 2.46. The van der Waals surface area contributed by atoms with Gasteiger partial charge in [0.2, 0.25) is 0 Å². The summed E-state index contributed by atoms with van der Waals surface area (Å²) in [5.74, 6) is -0.970. The molecule has 0 saturated carbocycles. The molecule has 198 valence electrons. The van der Waals surface area contributed by atoms with Crippen molar-refractivity contribution in [2.24, 2.45) is 0 Å². The fraction of sp³-hybridized carbons (Fsp3) is 0.909. The minimum Gasteiger partial charge on any atom is -0.462 e. The molecule has 0 aliphatic carbocycles. The average Bonchev–Trinajstić information content (AvgIpc) is 2.81. The fourth-order valence-corrected chi connectivity index (χ4v) is 3.25. The Balaban J connectivity index is 0. The molecule has 1 unspecified atom stereocenters. The summed E-state index contributed by atoms with van der Waals surface area (Å²) in [7, 11) is -4.56. The van der Waals surface area contributed by atoms with Crippen LogP contribution < -0.4 is 0 Å². The van der Waals surface area contributed by atoms with Gasteiger partial charge in [-0.1, -0.05) is 66.2 Å². The maximum absolute atomic E-state index is 12.0. The van der Waals surface area contributed by atoms with Crippen molar-refractivity contribution < 1.29 is 47.8 Å². The van der Waals surface area contributed by atoms with Gasteiger partial charge in [0.25, 0.3) is 0 Å². The third-order valence-corrected chi connectivity index (χ3v) is 5.21. The summed E-state index contributed by atoms with van der Waals surface area (Å²) in [5.41, 5.74) is 0. The molecule has 0 bridgehead atoms. The molecule has 3 atom stereocenters. The molecule has 0 aliphatic heterocycles. The van der Waals surface area contributed by atoms with E-state index in [1.54, 1.807) is 0 Å². The third-order valence-electron chi connectivity index (χ3n) is 4.26. The zero-order chi connectivity index (χ0) is 25.5. The summed E-state index contributed by atoms with van der Waals surface area (Å²) in [6, 6.07) is 0. The maximum atomic E-state index is 12.0. The second-order valence-corrected chi connectivity index (χ2v) is 8.77. The van der Waals surface area contributed by atoms with Gasteiger partial charge in [0.05, 0.1) is 19.8 Å². The molecular weight excluding hydrogens is 455 g/mol. The van der Waals surface area contributed by atoms with Crippen molar-refractivity contribution >= 4 is 19.8 Å². The van der Waals surface area contributed by atoms with Crippen molar-refractivity contribution in [1.82, 2.24) is 0 Å². The van der Waals surface area contributed by atoms with Crippen LogP contribution in [-0.2, 0) is 32.7 Å². The van der Waals surface area contributed by atoms with E-state index in [9.17, 15) is 24.2 Å². The van der Waals surface area contributed by atoms with E-state index in [0.29, 0.717) is 12.8 Å². The maximum Gasteiger partial charge on any atom is 0.472 e. The van der Waals surface area contributed by atoms with Crippen molar-refractivity contribution in [3.05, 3.63) is 0 Å². The highest BCUT2D eigenvalue weighted by Gasteiger charge is 2.27. The molecule has 0 amide bonds. The Morgan fingerprint density at radius 1 is 0.818 bits per heavy atom. The topological polar surface area (TPSA) is 149 Å². The van der Waals surface area contributed by atoms with Gasteiger partial charge in [-0.3, -0.25) is 18.6 Å². The number of unbranched alkanes of at least 4 members (excludes halogenated alkanes) is 6. The lowest BCUT2D eigenvalue weighted by atomic mass is 10.1. The van der Waals surface area contributed by atoms with E-state index in [4.69, 9.17) is 19.1 Å². The van der Waals surface area contributed by atoms with Crippen LogP contribution in [0.1, 0.15) is 91.9 Å². The second kappa shape index (κ2) is 22.7. The van der Waals surface area contributed by atoms with Gasteiger partial charge < -0.3 is 24.6 Å². The molecule has 0 aromatic heterocycles. The smallest absolute Gasteiger partial charge is 0.462 e. The Morgan fingerprint density at radius 3 is 1.85 bits per heavy atom. The summed E-state index contributed by atoms with van der Waals surface area (Å²) < 4.78 is 31.6. The molecule has 0 aliphatic rings. The van der Waals surface area contributed by atoms with Crippen LogP contribution in [0.25, 0.3) is 0 Å². The number of aliphatic hydroxyl groups excluding tert-OH is 2. The van der Waals surface area contributed by atoms with Gasteiger partial charge in [0.1, 0.15) is 12.7 Å². The highest BCUT2D eigenvalue weighted by molar-refractivity contribution is 7.47. The van der Waals surface area contributed by atoms with Gasteiger partial charge in [-0.25, -0.2) is 4.57 Å². The first-order valence-electron chi connectivity index (χ1n) is 12.0. The van der Waals surface area contributed by atoms with Crippen LogP contribution in [0.5, 0.6) is 0 Å². The van der Waals surface area contributed by atoms with E-state index < -0.39 is 51.8 Å². The van der Waals surface area contributed by atoms with E-state index >= 15 is 0 Å². The van der Waals surface area contributed by atoms with Gasteiger partial charge >= 0.3 is 19.8 Å². The molecule has 33 heavy (non-hydrogen) atoms. The second-order valence-electron chi connectivity index (χ2n) is 7.31. The SMILES string of the molecule is CC.CCCCCCC(=O)OC[C@H](COP(=O)(O)OC[C@@H](O)CO)OC(=O)CCCCCC. The molecule has 0 saturated heterocycles. The summed E-state index contributed by atoms with van der Waals surface area (Å²) in [6.45, 7) is 6.01. The van der Waals surface area contributed by atoms with Crippen molar-refractivity contribution in [3.8, 4) is 0 Å². The molecular formula is C22H45O10P. The Morgan fingerprint density at radius 2 is 1.33 bits per heavy atom. The first-order valence-corrected chi connectivity index (χ1v) is 13.5. The highest BCUT2D eigenvalue weighted by atomic mass is 31.2. The average molecular weight is 501 g/mol. The van der Waals surface area contributed by atoms with Crippen LogP contribution in [0, 0.1) is 0 Å². The Kier molecular flexibility index (Phi) is 23.5. The summed E-state index contributed by atoms with van der Waals surface area (Å²) >= 11 is 0. The van der Waals surface area contributed by atoms with Crippen LogP contribution in [0.15, 0.2) is 0 Å². The number of phosphoric acid groups is 1. The molecule has 10 nitrogen and oxygen atoms in total. The molecule has 0 fully saturated rings. The number of esters is 2. The van der Waals surface area contributed by atoms with Crippen molar-refractivity contribution in [1.29, 1.82) is 0 Å². The van der Waals surface area contributed by atoms with Crippen molar-refractivity contribution in [2.45, 2.75) is 104 Å². The molecule has 3 N–H and O–H groups in total. The number of ether oxygens (including phenoxy) is 2. The van der Waals surface area contributed by atoms with E-state index in [2.05, 4.69) is 18.4 Å². The number of rotatable bonds is 20. The van der Waals surface area contributed by atoms with Crippen molar-refractivity contribution in [2.75, 3.05) is 26.4 Å². The number of phosphoric ester groups is 1. The Bertz CT molecular complexity index is 529. The number of carbonyl (C=O) groups is 2. The number of aliphatic hydroxyl groups is 2. The summed E-state index contributed by atoms with van der Waals surface area (Å²) in [6.07, 6.45) is 5.22. The van der Waals surface area contributed by atoms with Crippen LogP contribution in [-0.4, -0.2) is 65.7 Å². The van der Waals surface area contributed by atoms with Gasteiger partial charge in [0, 0.05) is 12.8 Å². The van der Waals surface area contributed by atoms with Crippen LogP contribution >= 0.6 is 7.82 Å². The first kappa shape index (κ1) is 34.1. The molecule has 0 spiro atoms. The minimum absolute atomic E-state index is 0.178. The Labute approximate surface area is 198 Å². The normalized spacial score (nSPS) is 14.4. The highest BCUT2D eigenvalue weighted by Crippen LogP contribution is 2.43. The largest absolute Gasteiger partial charge is 0.472 e. The van der Waals surface area contributed by atoms with Crippen LogP contribution in [0.2, 0.25) is 0 Å². The lowest BCUT2D eigenvalue weighted by Gasteiger charge is -2.20. The van der Waals surface area contributed by atoms with Crippen LogP contribution in [0.4, 0.5) is 0 Å². The third kappa shape index (κ3) is 22.5. The van der Waals surface area contributed by atoms with E-state index in [1.807, 2.05) is 13.8 Å². The molecule has 0 heterocycles. The van der Waals surface area contributed by atoms with E-state index in [1.165, 1.54) is 0 Å². The number of hydrogen-bond donors (Lipinski definition) is 3. The lowest BCUT2D eigenvalue weighted by Crippen LogP contribution is -2.29.